The molecule has 20 heavy (non-hydrogen) atoms. The first-order chi connectivity index (χ1) is 9.67. The Morgan fingerprint density at radius 3 is 2.90 bits per heavy atom. The van der Waals surface area contributed by atoms with Crippen LogP contribution in [0.5, 0.6) is 0 Å². The van der Waals surface area contributed by atoms with Gasteiger partial charge in [0.15, 0.2) is 0 Å². The third kappa shape index (κ3) is 3.20. The minimum Gasteiger partial charge on any atom is -0.383 e. The average molecular weight is 294 g/mol. The molecule has 0 radical (unpaired) electrons. The van der Waals surface area contributed by atoms with Crippen LogP contribution in [0.1, 0.15) is 22.9 Å². The fourth-order valence-corrected chi connectivity index (χ4v) is 2.58. The molecule has 0 saturated heterocycles. The van der Waals surface area contributed by atoms with E-state index < -0.39 is 0 Å². The lowest BCUT2D eigenvalue weighted by atomic mass is 10.0. The molecule has 4 nitrogen and oxygen atoms in total. The maximum Gasteiger partial charge on any atom is 0.0837 e. The topological polar surface area (TPSA) is 39.1 Å². The van der Waals surface area contributed by atoms with E-state index in [4.69, 9.17) is 16.3 Å². The summed E-state index contributed by atoms with van der Waals surface area (Å²) in [4.78, 5) is 0. The van der Waals surface area contributed by atoms with Gasteiger partial charge in [-0.15, -0.1) is 0 Å². The fourth-order valence-electron chi connectivity index (χ4n) is 2.33. The lowest BCUT2D eigenvalue weighted by Gasteiger charge is -2.19. The highest BCUT2D eigenvalue weighted by molar-refractivity contribution is 6.31. The van der Waals surface area contributed by atoms with E-state index in [0.29, 0.717) is 18.2 Å². The third-order valence-electron chi connectivity index (χ3n) is 3.28. The average Bonchev–Trinajstić information content (AvgIpc) is 2.79. The molecular weight excluding hydrogens is 274 g/mol. The highest BCUT2D eigenvalue weighted by atomic mass is 35.5. The first-order valence-electron chi connectivity index (χ1n) is 6.61. The fraction of sp³-hybridized carbons (Fsp3) is 0.400. The van der Waals surface area contributed by atoms with Crippen molar-refractivity contribution in [3.05, 3.63) is 52.3 Å². The standard InChI is InChI=1S/C15H20ClN3O/c1-11-5-4-6-12(9-11)14(17-2)15-13(16)10-18-19(15)7-8-20-3/h4-6,9-10,14,17H,7-8H2,1-3H3. The number of aromatic nitrogens is 2. The molecule has 2 rings (SSSR count). The number of benzene rings is 1. The van der Waals surface area contributed by atoms with Crippen LogP contribution < -0.4 is 5.32 Å². The summed E-state index contributed by atoms with van der Waals surface area (Å²) < 4.78 is 7.02. The zero-order chi connectivity index (χ0) is 14.5. The van der Waals surface area contributed by atoms with Crippen molar-refractivity contribution in [2.75, 3.05) is 20.8 Å². The number of methoxy groups -OCH3 is 1. The van der Waals surface area contributed by atoms with E-state index in [9.17, 15) is 0 Å². The third-order valence-corrected chi connectivity index (χ3v) is 3.57. The number of aryl methyl sites for hydroxylation is 1. The highest BCUT2D eigenvalue weighted by Crippen LogP contribution is 2.28. The summed E-state index contributed by atoms with van der Waals surface area (Å²) in [6.45, 7) is 3.37. The van der Waals surface area contributed by atoms with Gasteiger partial charge in [0.25, 0.3) is 0 Å². The van der Waals surface area contributed by atoms with Crippen molar-refractivity contribution in [3.8, 4) is 0 Å². The molecule has 1 aromatic heterocycles. The van der Waals surface area contributed by atoms with Crippen molar-refractivity contribution in [1.29, 1.82) is 0 Å². The van der Waals surface area contributed by atoms with E-state index >= 15 is 0 Å². The van der Waals surface area contributed by atoms with E-state index in [1.807, 2.05) is 11.7 Å². The SMILES string of the molecule is CNC(c1cccc(C)c1)c1c(Cl)cnn1CCOC. The summed E-state index contributed by atoms with van der Waals surface area (Å²) in [5.74, 6) is 0. The van der Waals surface area contributed by atoms with Crippen molar-refractivity contribution >= 4 is 11.6 Å². The smallest absolute Gasteiger partial charge is 0.0837 e. The summed E-state index contributed by atoms with van der Waals surface area (Å²) in [5, 5.41) is 8.32. The molecule has 0 aliphatic carbocycles. The highest BCUT2D eigenvalue weighted by Gasteiger charge is 2.20. The van der Waals surface area contributed by atoms with Gasteiger partial charge in [-0.2, -0.15) is 5.10 Å². The van der Waals surface area contributed by atoms with E-state index in [-0.39, 0.29) is 6.04 Å². The second-order valence-corrected chi connectivity index (χ2v) is 5.14. The molecule has 1 heterocycles. The lowest BCUT2D eigenvalue weighted by Crippen LogP contribution is -2.23. The van der Waals surface area contributed by atoms with Crippen molar-refractivity contribution < 1.29 is 4.74 Å². The second kappa shape index (κ2) is 6.88. The summed E-state index contributed by atoms with van der Waals surface area (Å²) in [6, 6.07) is 8.41. The van der Waals surface area contributed by atoms with Crippen molar-refractivity contribution in [3.63, 3.8) is 0 Å². The molecular formula is C15H20ClN3O. The van der Waals surface area contributed by atoms with Crippen LogP contribution in [0.4, 0.5) is 0 Å². The molecule has 0 amide bonds. The Morgan fingerprint density at radius 2 is 2.25 bits per heavy atom. The summed E-state index contributed by atoms with van der Waals surface area (Å²) in [6.07, 6.45) is 1.69. The van der Waals surface area contributed by atoms with Crippen LogP contribution in [-0.4, -0.2) is 30.5 Å². The Balaban J connectivity index is 2.38. The maximum atomic E-state index is 6.32. The predicted octanol–water partition coefficient (Wildman–Crippen LogP) is 2.80. The van der Waals surface area contributed by atoms with Gasteiger partial charge < -0.3 is 10.1 Å². The zero-order valence-electron chi connectivity index (χ0n) is 12.1. The van der Waals surface area contributed by atoms with Gasteiger partial charge in [0.2, 0.25) is 0 Å². The van der Waals surface area contributed by atoms with E-state index in [1.165, 1.54) is 11.1 Å². The van der Waals surface area contributed by atoms with Gasteiger partial charge in [-0.1, -0.05) is 41.4 Å². The van der Waals surface area contributed by atoms with Gasteiger partial charge in [-0.25, -0.2) is 0 Å². The molecule has 0 bridgehead atoms. The van der Waals surface area contributed by atoms with Gasteiger partial charge in [0, 0.05) is 7.11 Å². The molecule has 108 valence electrons. The number of ether oxygens (including phenoxy) is 1. The molecule has 1 atom stereocenters. The van der Waals surface area contributed by atoms with E-state index in [0.717, 1.165) is 5.69 Å². The molecule has 0 aliphatic heterocycles. The molecule has 5 heteroatoms. The van der Waals surface area contributed by atoms with Gasteiger partial charge >= 0.3 is 0 Å². The Hall–Kier alpha value is -1.36. The van der Waals surface area contributed by atoms with Crippen molar-refractivity contribution in [2.45, 2.75) is 19.5 Å². The van der Waals surface area contributed by atoms with Crippen LogP contribution >= 0.6 is 11.6 Å². The van der Waals surface area contributed by atoms with Gasteiger partial charge in [0.05, 0.1) is 36.1 Å². The Labute approximate surface area is 124 Å². The number of rotatable bonds is 6. The quantitative estimate of drug-likeness (QED) is 0.890. The monoisotopic (exact) mass is 293 g/mol. The number of hydrogen-bond donors (Lipinski definition) is 1. The summed E-state index contributed by atoms with van der Waals surface area (Å²) in [7, 11) is 3.61. The lowest BCUT2D eigenvalue weighted by molar-refractivity contribution is 0.182. The first kappa shape index (κ1) is 15.0. The molecule has 2 aromatic rings. The van der Waals surface area contributed by atoms with E-state index in [2.05, 4.69) is 41.6 Å². The molecule has 0 spiro atoms. The Kier molecular flexibility index (Phi) is 5.17. The number of nitrogens with zero attached hydrogens (tertiary/aromatic N) is 2. The second-order valence-electron chi connectivity index (χ2n) is 4.73. The van der Waals surface area contributed by atoms with Crippen molar-refractivity contribution in [2.24, 2.45) is 0 Å². The Bertz CT molecular complexity index is 568. The molecule has 0 fully saturated rings. The Morgan fingerprint density at radius 1 is 1.45 bits per heavy atom. The van der Waals surface area contributed by atoms with Gasteiger partial charge in [0.1, 0.15) is 0 Å². The molecule has 1 aromatic carbocycles. The molecule has 0 saturated carbocycles. The zero-order valence-corrected chi connectivity index (χ0v) is 12.8. The molecule has 1 N–H and O–H groups in total. The normalized spacial score (nSPS) is 12.6. The minimum atomic E-state index is 0.0155. The number of hydrogen-bond acceptors (Lipinski definition) is 3. The van der Waals surface area contributed by atoms with Crippen LogP contribution in [0.25, 0.3) is 0 Å². The summed E-state index contributed by atoms with van der Waals surface area (Å²) in [5.41, 5.74) is 3.37. The summed E-state index contributed by atoms with van der Waals surface area (Å²) >= 11 is 6.32. The first-order valence-corrected chi connectivity index (χ1v) is 6.99. The number of nitrogens with one attached hydrogen (secondary N) is 1. The minimum absolute atomic E-state index is 0.0155. The van der Waals surface area contributed by atoms with Crippen LogP contribution in [-0.2, 0) is 11.3 Å². The van der Waals surface area contributed by atoms with Crippen LogP contribution in [0.2, 0.25) is 5.02 Å². The van der Waals surface area contributed by atoms with E-state index in [1.54, 1.807) is 13.3 Å². The molecule has 1 unspecified atom stereocenters. The van der Waals surface area contributed by atoms with Crippen LogP contribution in [0.3, 0.4) is 0 Å². The van der Waals surface area contributed by atoms with Crippen molar-refractivity contribution in [1.82, 2.24) is 15.1 Å². The predicted molar refractivity (Wildman–Crippen MR) is 81.2 cm³/mol. The van der Waals surface area contributed by atoms with Gasteiger partial charge in [-0.05, 0) is 19.5 Å². The van der Waals surface area contributed by atoms with Crippen LogP contribution in [0.15, 0.2) is 30.5 Å². The largest absolute Gasteiger partial charge is 0.383 e. The molecule has 0 aliphatic rings. The van der Waals surface area contributed by atoms with Gasteiger partial charge in [-0.3, -0.25) is 4.68 Å². The van der Waals surface area contributed by atoms with Crippen LogP contribution in [0, 0.1) is 6.92 Å². The number of halogens is 1. The maximum absolute atomic E-state index is 6.32.